The van der Waals surface area contributed by atoms with Gasteiger partial charge in [-0.15, -0.1) is 0 Å². The van der Waals surface area contributed by atoms with Crippen LogP contribution in [0, 0.1) is 0 Å². The van der Waals surface area contributed by atoms with Crippen LogP contribution in [0.3, 0.4) is 0 Å². The molecule has 0 spiro atoms. The average molecular weight is 281 g/mol. The van der Waals surface area contributed by atoms with Crippen LogP contribution in [0.25, 0.3) is 22.2 Å². The van der Waals surface area contributed by atoms with Gasteiger partial charge in [0.2, 0.25) is 0 Å². The Balaban J connectivity index is 1.97. The van der Waals surface area contributed by atoms with Crippen molar-refractivity contribution in [1.29, 1.82) is 0 Å². The highest BCUT2D eigenvalue weighted by Gasteiger charge is 2.07. The fraction of sp³-hybridized carbons (Fsp3) is 0.125. The van der Waals surface area contributed by atoms with Crippen molar-refractivity contribution in [1.82, 2.24) is 9.97 Å². The zero-order valence-corrected chi connectivity index (χ0v) is 11.6. The molecule has 3 N–H and O–H groups in total. The van der Waals surface area contributed by atoms with Crippen molar-refractivity contribution >= 4 is 17.0 Å². The lowest BCUT2D eigenvalue weighted by Crippen LogP contribution is -2.00. The smallest absolute Gasteiger partial charge is 0.337 e. The standard InChI is InChI=1S/C16H15N3O2/c1-21-16(20)11-4-2-10(3-5-11)12-6-7-13-14(8-12)19-15(9-17)18-13/h2-8H,9,17H2,1H3,(H,18,19). The van der Waals surface area contributed by atoms with E-state index in [0.717, 1.165) is 28.0 Å². The number of fused-ring (bicyclic) bond motifs is 1. The molecule has 0 aliphatic rings. The number of rotatable bonds is 3. The number of nitrogens with zero attached hydrogens (tertiary/aromatic N) is 1. The number of hydrogen-bond acceptors (Lipinski definition) is 4. The molecule has 0 radical (unpaired) electrons. The minimum atomic E-state index is -0.335. The summed E-state index contributed by atoms with van der Waals surface area (Å²) in [6, 6.07) is 13.3. The number of aromatic amines is 1. The van der Waals surface area contributed by atoms with Crippen molar-refractivity contribution in [2.75, 3.05) is 7.11 Å². The summed E-state index contributed by atoms with van der Waals surface area (Å²) in [4.78, 5) is 19.0. The molecule has 0 saturated heterocycles. The van der Waals surface area contributed by atoms with Crippen LogP contribution in [-0.2, 0) is 11.3 Å². The molecule has 0 saturated carbocycles. The molecule has 0 aliphatic carbocycles. The second-order valence-electron chi connectivity index (χ2n) is 4.69. The number of aromatic nitrogens is 2. The average Bonchev–Trinajstić information content (AvgIpc) is 2.96. The molecule has 0 fully saturated rings. The van der Waals surface area contributed by atoms with Gasteiger partial charge in [-0.2, -0.15) is 0 Å². The van der Waals surface area contributed by atoms with E-state index in [2.05, 4.69) is 9.97 Å². The minimum absolute atomic E-state index is 0.335. The van der Waals surface area contributed by atoms with E-state index in [1.807, 2.05) is 30.3 Å². The molecule has 0 atom stereocenters. The fourth-order valence-corrected chi connectivity index (χ4v) is 2.26. The SMILES string of the molecule is COC(=O)c1ccc(-c2ccc3nc(CN)[nH]c3c2)cc1. The molecule has 0 unspecified atom stereocenters. The van der Waals surface area contributed by atoms with Crippen LogP contribution >= 0.6 is 0 Å². The first kappa shape index (κ1) is 13.3. The molecule has 3 aromatic rings. The summed E-state index contributed by atoms with van der Waals surface area (Å²) in [7, 11) is 1.37. The van der Waals surface area contributed by atoms with Crippen LogP contribution in [0.1, 0.15) is 16.2 Å². The van der Waals surface area contributed by atoms with Gasteiger partial charge in [0.1, 0.15) is 5.82 Å². The van der Waals surface area contributed by atoms with E-state index in [1.165, 1.54) is 7.11 Å². The quantitative estimate of drug-likeness (QED) is 0.723. The molecule has 5 nitrogen and oxygen atoms in total. The highest BCUT2D eigenvalue weighted by atomic mass is 16.5. The van der Waals surface area contributed by atoms with Gasteiger partial charge < -0.3 is 15.5 Å². The van der Waals surface area contributed by atoms with E-state index in [0.29, 0.717) is 12.1 Å². The highest BCUT2D eigenvalue weighted by molar-refractivity contribution is 5.90. The normalized spacial score (nSPS) is 10.8. The number of nitrogens with two attached hydrogens (primary N) is 1. The Morgan fingerprint density at radius 2 is 1.90 bits per heavy atom. The van der Waals surface area contributed by atoms with E-state index in [9.17, 15) is 4.79 Å². The van der Waals surface area contributed by atoms with Crippen molar-refractivity contribution in [3.05, 3.63) is 53.9 Å². The predicted octanol–water partition coefficient (Wildman–Crippen LogP) is 2.48. The molecule has 21 heavy (non-hydrogen) atoms. The third-order valence-corrected chi connectivity index (χ3v) is 3.36. The van der Waals surface area contributed by atoms with Gasteiger partial charge in [0.05, 0.1) is 30.3 Å². The lowest BCUT2D eigenvalue weighted by molar-refractivity contribution is 0.0601. The van der Waals surface area contributed by atoms with Gasteiger partial charge in [-0.1, -0.05) is 18.2 Å². The summed E-state index contributed by atoms with van der Waals surface area (Å²) in [5, 5.41) is 0. The molecule has 5 heteroatoms. The number of carbonyl (C=O) groups is 1. The topological polar surface area (TPSA) is 81.0 Å². The Morgan fingerprint density at radius 3 is 2.57 bits per heavy atom. The van der Waals surface area contributed by atoms with Gasteiger partial charge in [0, 0.05) is 0 Å². The molecule has 3 rings (SSSR count). The number of benzene rings is 2. The minimum Gasteiger partial charge on any atom is -0.465 e. The van der Waals surface area contributed by atoms with Crippen LogP contribution in [0.2, 0.25) is 0 Å². The summed E-state index contributed by atoms with van der Waals surface area (Å²) in [5.41, 5.74) is 10.0. The molecule has 0 aliphatic heterocycles. The van der Waals surface area contributed by atoms with Crippen molar-refractivity contribution < 1.29 is 9.53 Å². The first-order chi connectivity index (χ1) is 10.2. The summed E-state index contributed by atoms with van der Waals surface area (Å²) >= 11 is 0. The Hall–Kier alpha value is -2.66. The van der Waals surface area contributed by atoms with Crippen LogP contribution < -0.4 is 5.73 Å². The predicted molar refractivity (Wildman–Crippen MR) is 80.8 cm³/mol. The summed E-state index contributed by atoms with van der Waals surface area (Å²) in [6.45, 7) is 0.387. The number of hydrogen-bond donors (Lipinski definition) is 2. The summed E-state index contributed by atoms with van der Waals surface area (Å²) < 4.78 is 4.69. The molecule has 2 aromatic carbocycles. The Bertz CT molecular complexity index is 791. The molecule has 1 heterocycles. The Kier molecular flexibility index (Phi) is 3.41. The van der Waals surface area contributed by atoms with Gasteiger partial charge in [0.25, 0.3) is 0 Å². The number of nitrogens with one attached hydrogen (secondary N) is 1. The van der Waals surface area contributed by atoms with Crippen molar-refractivity contribution in [2.24, 2.45) is 5.73 Å². The van der Waals surface area contributed by atoms with Crippen LogP contribution in [0.5, 0.6) is 0 Å². The van der Waals surface area contributed by atoms with E-state index < -0.39 is 0 Å². The maximum absolute atomic E-state index is 11.4. The third-order valence-electron chi connectivity index (χ3n) is 3.36. The molecule has 0 bridgehead atoms. The van der Waals surface area contributed by atoms with Crippen molar-refractivity contribution in [3.8, 4) is 11.1 Å². The lowest BCUT2D eigenvalue weighted by Gasteiger charge is -2.03. The molecular formula is C16H15N3O2. The maximum Gasteiger partial charge on any atom is 0.337 e. The third kappa shape index (κ3) is 2.51. The van der Waals surface area contributed by atoms with Crippen LogP contribution in [0.15, 0.2) is 42.5 Å². The second-order valence-corrected chi connectivity index (χ2v) is 4.69. The zero-order chi connectivity index (χ0) is 14.8. The van der Waals surface area contributed by atoms with Crippen molar-refractivity contribution in [3.63, 3.8) is 0 Å². The Labute approximate surface area is 121 Å². The first-order valence-corrected chi connectivity index (χ1v) is 6.58. The number of imidazole rings is 1. The van der Waals surface area contributed by atoms with E-state index in [4.69, 9.17) is 10.5 Å². The van der Waals surface area contributed by atoms with Crippen LogP contribution in [0.4, 0.5) is 0 Å². The molecule has 1 aromatic heterocycles. The summed E-state index contributed by atoms with van der Waals surface area (Å²) in [5.74, 6) is 0.432. The molecular weight excluding hydrogens is 266 g/mol. The fourth-order valence-electron chi connectivity index (χ4n) is 2.26. The second kappa shape index (κ2) is 5.38. The monoisotopic (exact) mass is 281 g/mol. The van der Waals surface area contributed by atoms with E-state index >= 15 is 0 Å². The zero-order valence-electron chi connectivity index (χ0n) is 11.6. The largest absolute Gasteiger partial charge is 0.465 e. The molecule has 0 amide bonds. The molecule has 106 valence electrons. The highest BCUT2D eigenvalue weighted by Crippen LogP contribution is 2.24. The van der Waals surface area contributed by atoms with Gasteiger partial charge >= 0.3 is 5.97 Å². The number of H-pyrrole nitrogens is 1. The number of ether oxygens (including phenoxy) is 1. The van der Waals surface area contributed by atoms with Crippen molar-refractivity contribution in [2.45, 2.75) is 6.54 Å². The lowest BCUT2D eigenvalue weighted by atomic mass is 10.0. The number of esters is 1. The van der Waals surface area contributed by atoms with Gasteiger partial charge in [-0.25, -0.2) is 9.78 Å². The first-order valence-electron chi connectivity index (χ1n) is 6.58. The van der Waals surface area contributed by atoms with E-state index in [-0.39, 0.29) is 5.97 Å². The summed E-state index contributed by atoms with van der Waals surface area (Å²) in [6.07, 6.45) is 0. The van der Waals surface area contributed by atoms with E-state index in [1.54, 1.807) is 12.1 Å². The van der Waals surface area contributed by atoms with Crippen LogP contribution in [-0.4, -0.2) is 23.0 Å². The van der Waals surface area contributed by atoms with Gasteiger partial charge in [-0.05, 0) is 35.4 Å². The van der Waals surface area contributed by atoms with Gasteiger partial charge in [-0.3, -0.25) is 0 Å². The van der Waals surface area contributed by atoms with Gasteiger partial charge in [0.15, 0.2) is 0 Å². The number of carbonyl (C=O) groups excluding carboxylic acids is 1. The number of methoxy groups -OCH3 is 1. The maximum atomic E-state index is 11.4. The Morgan fingerprint density at radius 1 is 1.19 bits per heavy atom.